The molecule has 0 amide bonds. The quantitative estimate of drug-likeness (QED) is 0.939. The van der Waals surface area contributed by atoms with Crippen LogP contribution in [-0.4, -0.2) is 21.5 Å². The second-order valence-corrected chi connectivity index (χ2v) is 4.75. The van der Waals surface area contributed by atoms with Gasteiger partial charge in [0, 0.05) is 17.3 Å². The molecule has 102 valence electrons. The van der Waals surface area contributed by atoms with E-state index in [1.54, 1.807) is 12.3 Å². The van der Waals surface area contributed by atoms with Crippen LogP contribution in [0.3, 0.4) is 0 Å². The summed E-state index contributed by atoms with van der Waals surface area (Å²) in [5, 5.41) is 2.25. The molecule has 4 nitrogen and oxygen atoms in total. The molecule has 2 rings (SSSR count). The molecule has 1 unspecified atom stereocenters. The fourth-order valence-electron chi connectivity index (χ4n) is 1.58. The summed E-state index contributed by atoms with van der Waals surface area (Å²) in [5.41, 5.74) is 0.620. The van der Waals surface area contributed by atoms with Crippen LogP contribution in [0.15, 0.2) is 24.8 Å². The fraction of sp³-hybridized carbons (Fsp3) is 0.364. The van der Waals surface area contributed by atoms with Gasteiger partial charge in [-0.3, -0.25) is 0 Å². The van der Waals surface area contributed by atoms with Gasteiger partial charge in [0.05, 0.1) is 11.7 Å². The van der Waals surface area contributed by atoms with Crippen LogP contribution in [-0.2, 0) is 6.18 Å². The van der Waals surface area contributed by atoms with E-state index in [-0.39, 0.29) is 0 Å². The first-order valence-corrected chi connectivity index (χ1v) is 6.36. The lowest BCUT2D eigenvalue weighted by molar-refractivity contribution is -0.137. The highest BCUT2D eigenvalue weighted by atomic mass is 32.1. The lowest BCUT2D eigenvalue weighted by Gasteiger charge is -2.14. The van der Waals surface area contributed by atoms with E-state index in [9.17, 15) is 13.2 Å². The zero-order valence-electron chi connectivity index (χ0n) is 9.98. The molecule has 1 atom stereocenters. The van der Waals surface area contributed by atoms with Crippen molar-refractivity contribution in [3.8, 4) is 0 Å². The molecule has 0 aliphatic heterocycles. The van der Waals surface area contributed by atoms with E-state index in [1.807, 2.05) is 6.92 Å². The Kier molecular flexibility index (Phi) is 4.11. The molecule has 0 aromatic carbocycles. The Morgan fingerprint density at radius 2 is 2.16 bits per heavy atom. The molecule has 2 heterocycles. The van der Waals surface area contributed by atoms with E-state index in [2.05, 4.69) is 20.3 Å². The summed E-state index contributed by atoms with van der Waals surface area (Å²) >= 11 is 0.624. The largest absolute Gasteiger partial charge is 0.443 e. The van der Waals surface area contributed by atoms with Crippen molar-refractivity contribution in [2.45, 2.75) is 19.1 Å². The van der Waals surface area contributed by atoms with Gasteiger partial charge in [0.2, 0.25) is 0 Å². The topological polar surface area (TPSA) is 50.7 Å². The molecule has 8 heteroatoms. The maximum absolute atomic E-state index is 12.6. The third kappa shape index (κ3) is 3.27. The molecule has 0 fully saturated rings. The normalized spacial score (nSPS) is 13.5. The lowest BCUT2D eigenvalue weighted by atomic mass is 10.2. The Balaban J connectivity index is 2.32. The second-order valence-electron chi connectivity index (χ2n) is 3.69. The SMILES string of the molecule is CCNC(c1ccncn1)c1cnc(C(F)(F)F)s1. The zero-order valence-corrected chi connectivity index (χ0v) is 10.8. The van der Waals surface area contributed by atoms with E-state index in [0.717, 1.165) is 0 Å². The van der Waals surface area contributed by atoms with E-state index >= 15 is 0 Å². The fourth-order valence-corrected chi connectivity index (χ4v) is 2.45. The molecule has 0 radical (unpaired) electrons. The number of rotatable bonds is 4. The molecule has 0 aliphatic rings. The number of hydrogen-bond acceptors (Lipinski definition) is 5. The van der Waals surface area contributed by atoms with Crippen LogP contribution in [0.25, 0.3) is 0 Å². The van der Waals surface area contributed by atoms with Crippen molar-refractivity contribution in [1.29, 1.82) is 0 Å². The van der Waals surface area contributed by atoms with Crippen LogP contribution >= 0.6 is 11.3 Å². The number of thiazole rings is 1. The van der Waals surface area contributed by atoms with Gasteiger partial charge < -0.3 is 5.32 Å². The Labute approximate surface area is 111 Å². The van der Waals surface area contributed by atoms with Gasteiger partial charge in [0.25, 0.3) is 0 Å². The van der Waals surface area contributed by atoms with E-state index in [1.165, 1.54) is 12.5 Å². The maximum Gasteiger partial charge on any atom is 0.443 e. The van der Waals surface area contributed by atoms with Gasteiger partial charge in [-0.15, -0.1) is 11.3 Å². The van der Waals surface area contributed by atoms with Crippen LogP contribution in [0.4, 0.5) is 13.2 Å². The molecule has 2 aromatic rings. The molecular weight excluding hydrogens is 277 g/mol. The summed E-state index contributed by atoms with van der Waals surface area (Å²) in [5.74, 6) is 0. The predicted molar refractivity (Wildman–Crippen MR) is 64.7 cm³/mol. The molecule has 0 bridgehead atoms. The van der Waals surface area contributed by atoms with Crippen molar-refractivity contribution in [3.05, 3.63) is 40.4 Å². The summed E-state index contributed by atoms with van der Waals surface area (Å²) in [6, 6.07) is 1.27. The van der Waals surface area contributed by atoms with Crippen molar-refractivity contribution in [2.75, 3.05) is 6.54 Å². The third-order valence-corrected chi connectivity index (χ3v) is 3.47. The van der Waals surface area contributed by atoms with Crippen molar-refractivity contribution in [2.24, 2.45) is 0 Å². The lowest BCUT2D eigenvalue weighted by Crippen LogP contribution is -2.22. The Morgan fingerprint density at radius 3 is 2.68 bits per heavy atom. The molecule has 0 aliphatic carbocycles. The molecule has 1 N–H and O–H groups in total. The minimum Gasteiger partial charge on any atom is -0.305 e. The van der Waals surface area contributed by atoms with Crippen molar-refractivity contribution >= 4 is 11.3 Å². The van der Waals surface area contributed by atoms with Gasteiger partial charge in [-0.25, -0.2) is 15.0 Å². The monoisotopic (exact) mass is 288 g/mol. The first-order chi connectivity index (χ1) is 9.02. The zero-order chi connectivity index (χ0) is 13.9. The van der Waals surface area contributed by atoms with Gasteiger partial charge in [0.15, 0.2) is 5.01 Å². The van der Waals surface area contributed by atoms with Crippen LogP contribution in [0, 0.1) is 0 Å². The Hall–Kier alpha value is -1.54. The van der Waals surface area contributed by atoms with Crippen molar-refractivity contribution in [1.82, 2.24) is 20.3 Å². The van der Waals surface area contributed by atoms with E-state index < -0.39 is 17.2 Å². The highest BCUT2D eigenvalue weighted by Gasteiger charge is 2.35. The first-order valence-electron chi connectivity index (χ1n) is 5.54. The average molecular weight is 288 g/mol. The third-order valence-electron chi connectivity index (χ3n) is 2.36. The smallest absolute Gasteiger partial charge is 0.305 e. The van der Waals surface area contributed by atoms with Crippen LogP contribution in [0.2, 0.25) is 0 Å². The van der Waals surface area contributed by atoms with Gasteiger partial charge in [0.1, 0.15) is 6.33 Å². The number of nitrogens with zero attached hydrogens (tertiary/aromatic N) is 3. The summed E-state index contributed by atoms with van der Waals surface area (Å²) in [7, 11) is 0. The highest BCUT2D eigenvalue weighted by molar-refractivity contribution is 7.11. The number of aromatic nitrogens is 3. The molecule has 0 saturated carbocycles. The van der Waals surface area contributed by atoms with Gasteiger partial charge in [-0.05, 0) is 12.6 Å². The van der Waals surface area contributed by atoms with E-state index in [4.69, 9.17) is 0 Å². The van der Waals surface area contributed by atoms with Crippen molar-refractivity contribution in [3.63, 3.8) is 0 Å². The van der Waals surface area contributed by atoms with Crippen molar-refractivity contribution < 1.29 is 13.2 Å². The molecule has 0 spiro atoms. The number of alkyl halides is 3. The van der Waals surface area contributed by atoms with Gasteiger partial charge in [-0.1, -0.05) is 6.92 Å². The Morgan fingerprint density at radius 1 is 1.37 bits per heavy atom. The average Bonchev–Trinajstić information content (AvgIpc) is 2.86. The van der Waals surface area contributed by atoms with Crippen LogP contribution in [0.5, 0.6) is 0 Å². The summed E-state index contributed by atoms with van der Waals surface area (Å²) in [4.78, 5) is 11.8. The summed E-state index contributed by atoms with van der Waals surface area (Å²) < 4.78 is 37.7. The standard InChI is InChI=1S/C11H11F3N4S/c1-2-16-9(7-3-4-15-6-18-7)8-5-17-10(19-8)11(12,13)14/h3-6,9,16H,2H2,1H3. The van der Waals surface area contributed by atoms with Gasteiger partial charge >= 0.3 is 6.18 Å². The maximum atomic E-state index is 12.6. The number of halogens is 3. The molecular formula is C11H11F3N4S. The second kappa shape index (κ2) is 5.62. The van der Waals surface area contributed by atoms with Gasteiger partial charge in [-0.2, -0.15) is 13.2 Å². The predicted octanol–water partition coefficient (Wildman–Crippen LogP) is 2.65. The molecule has 2 aromatic heterocycles. The summed E-state index contributed by atoms with van der Waals surface area (Å²) in [6.07, 6.45) is -0.252. The minimum atomic E-state index is -4.41. The highest BCUT2D eigenvalue weighted by Crippen LogP contribution is 2.35. The van der Waals surface area contributed by atoms with Crippen LogP contribution < -0.4 is 5.32 Å². The minimum absolute atomic E-state index is 0.401. The first kappa shape index (κ1) is 13.9. The number of nitrogens with one attached hydrogen (secondary N) is 1. The molecule has 19 heavy (non-hydrogen) atoms. The van der Waals surface area contributed by atoms with E-state index in [0.29, 0.717) is 28.5 Å². The number of hydrogen-bond donors (Lipinski definition) is 1. The summed E-state index contributed by atoms with van der Waals surface area (Å²) in [6.45, 7) is 2.48. The van der Waals surface area contributed by atoms with Crippen LogP contribution in [0.1, 0.15) is 28.5 Å². The molecule has 0 saturated heterocycles. The Bertz CT molecular complexity index is 526.